The SMILES string of the molecule is COC(=O)C(C)S(=O)(=O)N1CCCC1CC(C)O. The average molecular weight is 279 g/mol. The molecule has 1 N–H and O–H groups in total. The van der Waals surface area contributed by atoms with Gasteiger partial charge in [0.2, 0.25) is 10.0 Å². The zero-order valence-electron chi connectivity index (χ0n) is 11.0. The first kappa shape index (κ1) is 15.4. The number of methoxy groups -OCH3 is 1. The van der Waals surface area contributed by atoms with Crippen LogP contribution in [0.2, 0.25) is 0 Å². The highest BCUT2D eigenvalue weighted by molar-refractivity contribution is 7.90. The van der Waals surface area contributed by atoms with E-state index in [1.165, 1.54) is 18.3 Å². The van der Waals surface area contributed by atoms with Crippen LogP contribution in [0.3, 0.4) is 0 Å². The van der Waals surface area contributed by atoms with Crippen molar-refractivity contribution in [3.63, 3.8) is 0 Å². The van der Waals surface area contributed by atoms with Crippen LogP contribution < -0.4 is 0 Å². The fourth-order valence-electron chi connectivity index (χ4n) is 2.26. The Balaban J connectivity index is 2.87. The van der Waals surface area contributed by atoms with E-state index in [9.17, 15) is 18.3 Å². The molecule has 106 valence electrons. The van der Waals surface area contributed by atoms with Crippen LogP contribution in [0.25, 0.3) is 0 Å². The maximum absolute atomic E-state index is 12.3. The molecule has 1 aliphatic heterocycles. The highest BCUT2D eigenvalue weighted by Crippen LogP contribution is 2.27. The lowest BCUT2D eigenvalue weighted by Crippen LogP contribution is -2.44. The molecule has 0 spiro atoms. The Morgan fingerprint density at radius 3 is 2.61 bits per heavy atom. The van der Waals surface area contributed by atoms with Gasteiger partial charge < -0.3 is 9.84 Å². The summed E-state index contributed by atoms with van der Waals surface area (Å²) in [5.74, 6) is -0.752. The van der Waals surface area contributed by atoms with Crippen LogP contribution in [0.15, 0.2) is 0 Å². The minimum absolute atomic E-state index is 0.220. The molecule has 1 aliphatic rings. The number of rotatable bonds is 5. The number of carbonyl (C=O) groups is 1. The first-order valence-electron chi connectivity index (χ1n) is 6.07. The quantitative estimate of drug-likeness (QED) is 0.722. The van der Waals surface area contributed by atoms with Crippen LogP contribution in [-0.2, 0) is 19.6 Å². The molecular weight excluding hydrogens is 258 g/mol. The summed E-state index contributed by atoms with van der Waals surface area (Å²) in [5, 5.41) is 8.18. The number of ether oxygens (including phenoxy) is 1. The van der Waals surface area contributed by atoms with Gasteiger partial charge in [-0.15, -0.1) is 0 Å². The van der Waals surface area contributed by atoms with Gasteiger partial charge in [0.1, 0.15) is 0 Å². The molecule has 0 radical (unpaired) electrons. The van der Waals surface area contributed by atoms with Crippen LogP contribution >= 0.6 is 0 Å². The molecule has 0 aromatic rings. The van der Waals surface area contributed by atoms with Gasteiger partial charge in [-0.05, 0) is 33.1 Å². The normalized spacial score (nSPS) is 24.8. The number of carbonyl (C=O) groups excluding carboxylic acids is 1. The van der Waals surface area contributed by atoms with E-state index in [1.54, 1.807) is 6.92 Å². The Morgan fingerprint density at radius 2 is 2.11 bits per heavy atom. The summed E-state index contributed by atoms with van der Waals surface area (Å²) in [6, 6.07) is -0.220. The third kappa shape index (κ3) is 3.21. The number of aliphatic hydroxyl groups is 1. The molecule has 6 nitrogen and oxygen atoms in total. The second-order valence-electron chi connectivity index (χ2n) is 4.70. The van der Waals surface area contributed by atoms with E-state index >= 15 is 0 Å². The van der Waals surface area contributed by atoms with Crippen LogP contribution in [0.5, 0.6) is 0 Å². The Bertz CT molecular complexity index is 392. The van der Waals surface area contributed by atoms with Crippen molar-refractivity contribution in [1.82, 2.24) is 4.31 Å². The number of aliphatic hydroxyl groups excluding tert-OH is 1. The molecule has 0 amide bonds. The highest BCUT2D eigenvalue weighted by Gasteiger charge is 2.40. The van der Waals surface area contributed by atoms with E-state index in [-0.39, 0.29) is 6.04 Å². The van der Waals surface area contributed by atoms with Gasteiger partial charge in [0.15, 0.2) is 5.25 Å². The fraction of sp³-hybridized carbons (Fsp3) is 0.909. The largest absolute Gasteiger partial charge is 0.468 e. The van der Waals surface area contributed by atoms with Crippen LogP contribution in [-0.4, -0.2) is 54.8 Å². The number of nitrogens with zero attached hydrogens (tertiary/aromatic N) is 1. The molecule has 18 heavy (non-hydrogen) atoms. The van der Waals surface area contributed by atoms with Crippen LogP contribution in [0.4, 0.5) is 0 Å². The van der Waals surface area contributed by atoms with Crippen LogP contribution in [0.1, 0.15) is 33.1 Å². The van der Waals surface area contributed by atoms with E-state index in [0.717, 1.165) is 12.8 Å². The standard InChI is InChI=1S/C11H21NO5S/c1-8(13)7-10-5-4-6-12(10)18(15,16)9(2)11(14)17-3/h8-10,13H,4-7H2,1-3H3. The molecule has 3 atom stereocenters. The van der Waals surface area contributed by atoms with Crippen molar-refractivity contribution in [3.8, 4) is 0 Å². The van der Waals surface area contributed by atoms with Gasteiger partial charge >= 0.3 is 5.97 Å². The molecule has 1 fully saturated rings. The topological polar surface area (TPSA) is 83.9 Å². The Morgan fingerprint density at radius 1 is 1.50 bits per heavy atom. The van der Waals surface area contributed by atoms with Gasteiger partial charge in [0.25, 0.3) is 0 Å². The molecule has 3 unspecified atom stereocenters. The minimum Gasteiger partial charge on any atom is -0.468 e. The second kappa shape index (κ2) is 5.99. The Kier molecular flexibility index (Phi) is 5.12. The molecule has 0 aromatic carbocycles. The Labute approximate surface area is 108 Å². The first-order valence-corrected chi connectivity index (χ1v) is 7.57. The van der Waals surface area contributed by atoms with E-state index in [1.807, 2.05) is 0 Å². The van der Waals surface area contributed by atoms with E-state index in [4.69, 9.17) is 0 Å². The summed E-state index contributed by atoms with van der Waals surface area (Å²) in [7, 11) is -2.52. The number of sulfonamides is 1. The number of hydrogen-bond acceptors (Lipinski definition) is 5. The van der Waals surface area contributed by atoms with Crippen molar-refractivity contribution in [1.29, 1.82) is 0 Å². The van der Waals surface area contributed by atoms with Gasteiger partial charge in [-0.1, -0.05) is 0 Å². The van der Waals surface area contributed by atoms with E-state index in [2.05, 4.69) is 4.74 Å². The molecule has 1 heterocycles. The van der Waals surface area contributed by atoms with Gasteiger partial charge in [-0.2, -0.15) is 4.31 Å². The molecule has 1 saturated heterocycles. The third-order valence-electron chi connectivity index (χ3n) is 3.24. The number of hydrogen-bond donors (Lipinski definition) is 1. The average Bonchev–Trinajstić information content (AvgIpc) is 2.74. The molecule has 0 aromatic heterocycles. The summed E-state index contributed by atoms with van der Waals surface area (Å²) in [6.45, 7) is 3.37. The monoisotopic (exact) mass is 279 g/mol. The second-order valence-corrected chi connectivity index (χ2v) is 6.91. The van der Waals surface area contributed by atoms with Crippen molar-refractivity contribution < 1.29 is 23.1 Å². The molecule has 0 bridgehead atoms. The van der Waals surface area contributed by atoms with Gasteiger partial charge in [-0.3, -0.25) is 4.79 Å². The summed E-state index contributed by atoms with van der Waals surface area (Å²) >= 11 is 0. The van der Waals surface area contributed by atoms with Crippen molar-refractivity contribution in [2.45, 2.75) is 50.5 Å². The summed E-state index contributed by atoms with van der Waals surface area (Å²) in [5.41, 5.74) is 0. The van der Waals surface area contributed by atoms with Crippen molar-refractivity contribution in [2.75, 3.05) is 13.7 Å². The zero-order valence-corrected chi connectivity index (χ0v) is 11.8. The molecule has 7 heteroatoms. The highest BCUT2D eigenvalue weighted by atomic mass is 32.2. The maximum atomic E-state index is 12.3. The summed E-state index contributed by atoms with van der Waals surface area (Å²) in [6.07, 6.45) is 1.31. The lowest BCUT2D eigenvalue weighted by Gasteiger charge is -2.27. The van der Waals surface area contributed by atoms with Gasteiger partial charge in [-0.25, -0.2) is 8.42 Å². The number of esters is 1. The maximum Gasteiger partial charge on any atom is 0.325 e. The molecule has 1 rings (SSSR count). The molecule has 0 aliphatic carbocycles. The predicted octanol–water partition coefficient (Wildman–Crippen LogP) is 0.113. The summed E-state index contributed by atoms with van der Waals surface area (Å²) < 4.78 is 30.4. The third-order valence-corrected chi connectivity index (χ3v) is 5.46. The van der Waals surface area contributed by atoms with E-state index in [0.29, 0.717) is 13.0 Å². The lowest BCUT2D eigenvalue weighted by molar-refractivity contribution is -0.139. The lowest BCUT2D eigenvalue weighted by atomic mass is 10.1. The van der Waals surface area contributed by atoms with Gasteiger partial charge in [0, 0.05) is 12.6 Å². The zero-order chi connectivity index (χ0) is 13.9. The van der Waals surface area contributed by atoms with Gasteiger partial charge in [0.05, 0.1) is 13.2 Å². The summed E-state index contributed by atoms with van der Waals surface area (Å²) in [4.78, 5) is 11.4. The van der Waals surface area contributed by atoms with Crippen LogP contribution in [0, 0.1) is 0 Å². The Hall–Kier alpha value is -0.660. The molecular formula is C11H21NO5S. The van der Waals surface area contributed by atoms with E-state index < -0.39 is 27.3 Å². The molecule has 0 saturated carbocycles. The van der Waals surface area contributed by atoms with Crippen molar-refractivity contribution in [2.24, 2.45) is 0 Å². The first-order chi connectivity index (χ1) is 8.30. The fourth-order valence-corrected chi connectivity index (χ4v) is 4.00. The smallest absolute Gasteiger partial charge is 0.325 e. The van der Waals surface area contributed by atoms with Crippen molar-refractivity contribution >= 4 is 16.0 Å². The minimum atomic E-state index is -3.70. The predicted molar refractivity (Wildman–Crippen MR) is 66.4 cm³/mol. The van der Waals surface area contributed by atoms with Crippen molar-refractivity contribution in [3.05, 3.63) is 0 Å².